The molecular weight excluding hydrogens is 528 g/mol. The number of benzene rings is 2. The lowest BCUT2D eigenvalue weighted by atomic mass is 9.93. The normalized spacial score (nSPS) is 15.2. The molecule has 0 aliphatic carbocycles. The third kappa shape index (κ3) is 5.08. The van der Waals surface area contributed by atoms with E-state index in [4.69, 9.17) is 9.15 Å². The average Bonchev–Trinajstić information content (AvgIpc) is 3.52. The van der Waals surface area contributed by atoms with Gasteiger partial charge < -0.3 is 14.3 Å². The van der Waals surface area contributed by atoms with E-state index in [2.05, 4.69) is 18.8 Å². The summed E-state index contributed by atoms with van der Waals surface area (Å²) in [4.78, 5) is 43.3. The molecule has 204 valence electrons. The molecule has 0 spiro atoms. The number of nitrogens with zero attached hydrogens (tertiary/aromatic N) is 2. The zero-order chi connectivity index (χ0) is 28.6. The fourth-order valence-electron chi connectivity index (χ4n) is 4.69. The minimum atomic E-state index is -1.03. The van der Waals surface area contributed by atoms with Gasteiger partial charge in [0.25, 0.3) is 5.56 Å². The van der Waals surface area contributed by atoms with E-state index in [0.29, 0.717) is 43.6 Å². The molecule has 2 aromatic carbocycles. The first-order chi connectivity index (χ1) is 19.2. The van der Waals surface area contributed by atoms with Crippen molar-refractivity contribution in [3.63, 3.8) is 0 Å². The van der Waals surface area contributed by atoms with Crippen LogP contribution in [0.4, 0.5) is 0 Å². The van der Waals surface area contributed by atoms with Crippen molar-refractivity contribution in [3.8, 4) is 11.3 Å². The van der Waals surface area contributed by atoms with Gasteiger partial charge in [-0.2, -0.15) is 0 Å². The molecule has 0 unspecified atom stereocenters. The Morgan fingerprint density at radius 3 is 2.58 bits per heavy atom. The van der Waals surface area contributed by atoms with E-state index in [1.165, 1.54) is 23.5 Å². The minimum Gasteiger partial charge on any atom is -0.478 e. The first-order valence-corrected chi connectivity index (χ1v) is 13.7. The highest BCUT2D eigenvalue weighted by atomic mass is 32.1. The van der Waals surface area contributed by atoms with Gasteiger partial charge in [-0.3, -0.25) is 9.36 Å². The number of furan rings is 1. The Morgan fingerprint density at radius 2 is 1.90 bits per heavy atom. The number of fused-ring (bicyclic) bond motifs is 1. The van der Waals surface area contributed by atoms with E-state index >= 15 is 0 Å². The molecule has 5 rings (SSSR count). The highest BCUT2D eigenvalue weighted by Crippen LogP contribution is 2.31. The third-order valence-electron chi connectivity index (χ3n) is 6.73. The Hall–Kier alpha value is -4.50. The summed E-state index contributed by atoms with van der Waals surface area (Å²) in [5, 5.41) is 9.30. The molecule has 0 fully saturated rings. The van der Waals surface area contributed by atoms with E-state index < -0.39 is 18.0 Å². The van der Waals surface area contributed by atoms with Crippen LogP contribution in [-0.4, -0.2) is 28.2 Å². The standard InChI is InChI=1S/C31H28N2O6S/c1-5-38-30(37)26-18(4)32-31-33(27(26)20-11-9-19(10-12-20)17(2)3)28(34)25(40-31)16-23-13-14-24(39-23)21-7-6-8-22(15-21)29(35)36/h6-17,27H,5H2,1-4H3,(H,35,36)/b25-16-/t27-/m1/s1. The zero-order valence-electron chi connectivity index (χ0n) is 22.5. The van der Waals surface area contributed by atoms with E-state index in [0.717, 1.165) is 11.1 Å². The maximum Gasteiger partial charge on any atom is 0.338 e. The fraction of sp³-hybridized carbons (Fsp3) is 0.226. The summed E-state index contributed by atoms with van der Waals surface area (Å²) in [6, 6.07) is 17.1. The molecule has 2 aromatic heterocycles. The summed E-state index contributed by atoms with van der Waals surface area (Å²) < 4.78 is 13.2. The van der Waals surface area contributed by atoms with Crippen molar-refractivity contribution in [3.05, 3.63) is 114 Å². The molecule has 3 heterocycles. The van der Waals surface area contributed by atoms with Gasteiger partial charge in [-0.15, -0.1) is 0 Å². The van der Waals surface area contributed by atoms with Crippen LogP contribution < -0.4 is 14.9 Å². The van der Waals surface area contributed by atoms with Gasteiger partial charge in [0.1, 0.15) is 11.5 Å². The van der Waals surface area contributed by atoms with Crippen LogP contribution in [0.5, 0.6) is 0 Å². The van der Waals surface area contributed by atoms with Gasteiger partial charge in [-0.1, -0.05) is 61.6 Å². The molecular formula is C31H28N2O6S. The number of aromatic carboxylic acids is 1. The smallest absolute Gasteiger partial charge is 0.338 e. The highest BCUT2D eigenvalue weighted by Gasteiger charge is 2.33. The highest BCUT2D eigenvalue weighted by molar-refractivity contribution is 7.07. The molecule has 9 heteroatoms. The van der Waals surface area contributed by atoms with Gasteiger partial charge in [-0.25, -0.2) is 14.6 Å². The van der Waals surface area contributed by atoms with Crippen LogP contribution in [0, 0.1) is 0 Å². The number of hydrogen-bond donors (Lipinski definition) is 1. The number of hydrogen-bond acceptors (Lipinski definition) is 7. The number of ether oxygens (including phenoxy) is 1. The van der Waals surface area contributed by atoms with Gasteiger partial charge in [0.15, 0.2) is 4.80 Å². The average molecular weight is 557 g/mol. The lowest BCUT2D eigenvalue weighted by molar-refractivity contribution is -0.139. The zero-order valence-corrected chi connectivity index (χ0v) is 23.3. The summed E-state index contributed by atoms with van der Waals surface area (Å²) in [7, 11) is 0. The molecule has 4 aromatic rings. The molecule has 0 amide bonds. The van der Waals surface area contributed by atoms with Crippen LogP contribution in [0.1, 0.15) is 66.9 Å². The topological polar surface area (TPSA) is 111 Å². The van der Waals surface area contributed by atoms with Crippen LogP contribution in [0.3, 0.4) is 0 Å². The summed E-state index contributed by atoms with van der Waals surface area (Å²) in [6.07, 6.45) is 1.64. The second-order valence-electron chi connectivity index (χ2n) is 9.71. The Morgan fingerprint density at radius 1 is 1.15 bits per heavy atom. The van der Waals surface area contributed by atoms with Crippen molar-refractivity contribution >= 4 is 29.4 Å². The number of rotatable bonds is 7. The Bertz CT molecular complexity index is 1820. The Labute approximate surface area is 234 Å². The molecule has 0 saturated heterocycles. The number of allylic oxidation sites excluding steroid dienone is 1. The fourth-order valence-corrected chi connectivity index (χ4v) is 5.72. The van der Waals surface area contributed by atoms with Crippen LogP contribution in [-0.2, 0) is 9.53 Å². The van der Waals surface area contributed by atoms with Gasteiger partial charge in [0.05, 0.1) is 34.0 Å². The molecule has 0 saturated carbocycles. The Kier molecular flexibility index (Phi) is 7.40. The monoisotopic (exact) mass is 556 g/mol. The SMILES string of the molecule is CCOC(=O)C1=C(C)N=c2s/c(=C\c3ccc(-c4cccc(C(=O)O)c4)o3)c(=O)n2[C@@H]1c1ccc(C(C)C)cc1. The number of carbonyl (C=O) groups is 2. The second-order valence-corrected chi connectivity index (χ2v) is 10.7. The molecule has 1 aliphatic heterocycles. The van der Waals surface area contributed by atoms with E-state index in [-0.39, 0.29) is 17.7 Å². The van der Waals surface area contributed by atoms with Gasteiger partial charge >= 0.3 is 11.9 Å². The maximum absolute atomic E-state index is 13.8. The van der Waals surface area contributed by atoms with Crippen molar-refractivity contribution in [2.45, 2.75) is 39.7 Å². The molecule has 1 N–H and O–H groups in total. The molecule has 40 heavy (non-hydrogen) atoms. The number of carboxylic acids is 1. The van der Waals surface area contributed by atoms with Crippen molar-refractivity contribution in [2.24, 2.45) is 4.99 Å². The quantitative estimate of drug-likeness (QED) is 0.325. The van der Waals surface area contributed by atoms with Gasteiger partial charge in [0, 0.05) is 11.6 Å². The maximum atomic E-state index is 13.8. The van der Waals surface area contributed by atoms with Crippen LogP contribution in [0.2, 0.25) is 0 Å². The summed E-state index contributed by atoms with van der Waals surface area (Å²) in [6.45, 7) is 7.91. The van der Waals surface area contributed by atoms with Crippen molar-refractivity contribution in [1.29, 1.82) is 0 Å². The second kappa shape index (κ2) is 10.9. The van der Waals surface area contributed by atoms with Gasteiger partial charge in [0.2, 0.25) is 0 Å². The van der Waals surface area contributed by atoms with Crippen LogP contribution in [0.15, 0.2) is 86.1 Å². The third-order valence-corrected chi connectivity index (χ3v) is 7.71. The van der Waals surface area contributed by atoms with Crippen LogP contribution >= 0.6 is 11.3 Å². The first kappa shape index (κ1) is 27.1. The molecule has 1 atom stereocenters. The Balaban J connectivity index is 1.61. The van der Waals surface area contributed by atoms with Gasteiger partial charge in [-0.05, 0) is 55.2 Å². The molecule has 1 aliphatic rings. The molecule has 8 nitrogen and oxygen atoms in total. The molecule has 0 radical (unpaired) electrons. The van der Waals surface area contributed by atoms with E-state index in [9.17, 15) is 19.5 Å². The van der Waals surface area contributed by atoms with Crippen molar-refractivity contribution < 1.29 is 23.8 Å². The lowest BCUT2D eigenvalue weighted by Gasteiger charge is -2.25. The largest absolute Gasteiger partial charge is 0.478 e. The first-order valence-electron chi connectivity index (χ1n) is 12.9. The molecule has 0 bridgehead atoms. The predicted molar refractivity (Wildman–Crippen MR) is 152 cm³/mol. The van der Waals surface area contributed by atoms with E-state index in [1.807, 2.05) is 24.3 Å². The van der Waals surface area contributed by atoms with Crippen LogP contribution in [0.25, 0.3) is 17.4 Å². The number of esters is 1. The summed E-state index contributed by atoms with van der Waals surface area (Å²) >= 11 is 1.21. The number of aromatic nitrogens is 1. The predicted octanol–water partition coefficient (Wildman–Crippen LogP) is 4.88. The minimum absolute atomic E-state index is 0.151. The summed E-state index contributed by atoms with van der Waals surface area (Å²) in [5.41, 5.74) is 3.23. The van der Waals surface area contributed by atoms with Crippen molar-refractivity contribution in [1.82, 2.24) is 4.57 Å². The van der Waals surface area contributed by atoms with Crippen molar-refractivity contribution in [2.75, 3.05) is 6.61 Å². The lowest BCUT2D eigenvalue weighted by Crippen LogP contribution is -2.39. The summed E-state index contributed by atoms with van der Waals surface area (Å²) in [5.74, 6) is -0.288. The number of carboxylic acid groups (broad SMARTS) is 1. The van der Waals surface area contributed by atoms with E-state index in [1.54, 1.807) is 48.8 Å². The number of carbonyl (C=O) groups excluding carboxylic acids is 1. The number of thiazole rings is 1.